The second-order valence-corrected chi connectivity index (χ2v) is 6.06. The lowest BCUT2D eigenvalue weighted by Gasteiger charge is -2.11. The molecule has 5 nitrogen and oxygen atoms in total. The van der Waals surface area contributed by atoms with Crippen molar-refractivity contribution in [1.29, 1.82) is 0 Å². The monoisotopic (exact) mass is 413 g/mol. The van der Waals surface area contributed by atoms with E-state index in [2.05, 4.69) is 31.9 Å². The molecule has 0 heterocycles. The number of ether oxygens (including phenoxy) is 1. The number of carbonyl (C=O) groups excluding carboxylic acids is 1. The van der Waals surface area contributed by atoms with Crippen LogP contribution in [0.25, 0.3) is 0 Å². The molecule has 0 amide bonds. The number of hydrogen-bond acceptors (Lipinski definition) is 4. The minimum Gasteiger partial charge on any atom is -0.449 e. The summed E-state index contributed by atoms with van der Waals surface area (Å²) in [5, 5.41) is 11.2. The van der Waals surface area contributed by atoms with E-state index in [1.54, 1.807) is 31.2 Å². The highest BCUT2D eigenvalue weighted by atomic mass is 79.9. The fraction of sp³-hybridized carbons (Fsp3) is 0.0714. The molecule has 0 aliphatic rings. The Morgan fingerprint density at radius 3 is 2.52 bits per heavy atom. The highest BCUT2D eigenvalue weighted by molar-refractivity contribution is 9.10. The first-order chi connectivity index (χ1) is 9.92. The fourth-order valence-corrected chi connectivity index (χ4v) is 2.68. The number of hydrogen-bond donors (Lipinski definition) is 0. The van der Waals surface area contributed by atoms with E-state index in [1.807, 2.05) is 0 Å². The van der Waals surface area contributed by atoms with Gasteiger partial charge in [0.15, 0.2) is 6.29 Å². The Bertz CT molecular complexity index is 731. The molecule has 0 aromatic heterocycles. The summed E-state index contributed by atoms with van der Waals surface area (Å²) in [4.78, 5) is 21.7. The SMILES string of the molecule is Cc1cc(Br)cc([N+](=O)[O-])c1Oc1cc(Br)ccc1C=O. The second kappa shape index (κ2) is 6.36. The van der Waals surface area contributed by atoms with Gasteiger partial charge in [0.1, 0.15) is 5.75 Å². The van der Waals surface area contributed by atoms with Gasteiger partial charge in [0.25, 0.3) is 0 Å². The normalized spacial score (nSPS) is 10.2. The van der Waals surface area contributed by atoms with Crippen LogP contribution in [0.1, 0.15) is 15.9 Å². The summed E-state index contributed by atoms with van der Waals surface area (Å²) in [6.45, 7) is 1.70. The molecule has 0 aliphatic carbocycles. The molecule has 0 aliphatic heterocycles. The maximum atomic E-state index is 11.2. The van der Waals surface area contributed by atoms with E-state index < -0.39 is 4.92 Å². The van der Waals surface area contributed by atoms with Crippen molar-refractivity contribution in [2.75, 3.05) is 0 Å². The van der Waals surface area contributed by atoms with Crippen molar-refractivity contribution in [3.05, 3.63) is 60.5 Å². The van der Waals surface area contributed by atoms with Crippen LogP contribution in [0.5, 0.6) is 11.5 Å². The standard InChI is InChI=1S/C14H9Br2NO4/c1-8-4-11(16)5-12(17(19)20)14(8)21-13-6-10(15)3-2-9(13)7-18/h2-7H,1H3. The Morgan fingerprint density at radius 2 is 1.90 bits per heavy atom. The maximum absolute atomic E-state index is 11.2. The molecule has 0 atom stereocenters. The molecule has 2 rings (SSSR count). The molecule has 2 aromatic carbocycles. The van der Waals surface area contributed by atoms with Gasteiger partial charge in [0.05, 0.1) is 10.5 Å². The number of rotatable bonds is 4. The fourth-order valence-electron chi connectivity index (χ4n) is 1.78. The number of halogens is 2. The van der Waals surface area contributed by atoms with E-state index in [4.69, 9.17) is 4.74 Å². The van der Waals surface area contributed by atoms with Crippen LogP contribution in [0, 0.1) is 17.0 Å². The van der Waals surface area contributed by atoms with Crippen molar-refractivity contribution in [3.8, 4) is 11.5 Å². The molecule has 7 heteroatoms. The molecule has 0 radical (unpaired) electrons. The zero-order valence-corrected chi connectivity index (χ0v) is 14.0. The third kappa shape index (κ3) is 3.48. The van der Waals surface area contributed by atoms with Gasteiger partial charge in [-0.2, -0.15) is 0 Å². The summed E-state index contributed by atoms with van der Waals surface area (Å²) in [5.74, 6) is 0.372. The van der Waals surface area contributed by atoms with Crippen LogP contribution in [-0.4, -0.2) is 11.2 Å². The zero-order chi connectivity index (χ0) is 15.6. The van der Waals surface area contributed by atoms with E-state index in [1.165, 1.54) is 6.07 Å². The lowest BCUT2D eigenvalue weighted by molar-refractivity contribution is -0.385. The van der Waals surface area contributed by atoms with E-state index >= 15 is 0 Å². The lowest BCUT2D eigenvalue weighted by Crippen LogP contribution is -1.98. The topological polar surface area (TPSA) is 69.4 Å². The van der Waals surface area contributed by atoms with Crippen LogP contribution in [0.3, 0.4) is 0 Å². The number of nitro groups is 1. The number of benzene rings is 2. The maximum Gasteiger partial charge on any atom is 0.312 e. The molecule has 2 aromatic rings. The molecule has 0 spiro atoms. The predicted octanol–water partition coefficient (Wildman–Crippen LogP) is 5.03. The molecule has 0 saturated carbocycles. The molecule has 0 bridgehead atoms. The summed E-state index contributed by atoms with van der Waals surface area (Å²) in [7, 11) is 0. The Balaban J connectivity index is 2.56. The largest absolute Gasteiger partial charge is 0.449 e. The molecule has 0 unspecified atom stereocenters. The van der Waals surface area contributed by atoms with Gasteiger partial charge in [0, 0.05) is 15.0 Å². The van der Waals surface area contributed by atoms with Crippen LogP contribution >= 0.6 is 31.9 Å². The molecular formula is C14H9Br2NO4. The van der Waals surface area contributed by atoms with Crippen LogP contribution in [0.15, 0.2) is 39.3 Å². The molecule has 108 valence electrons. The summed E-state index contributed by atoms with van der Waals surface area (Å²) < 4.78 is 6.93. The lowest BCUT2D eigenvalue weighted by atomic mass is 10.2. The predicted molar refractivity (Wildman–Crippen MR) is 85.1 cm³/mol. The van der Waals surface area contributed by atoms with Gasteiger partial charge < -0.3 is 4.74 Å². The first-order valence-electron chi connectivity index (χ1n) is 5.79. The van der Waals surface area contributed by atoms with Crippen LogP contribution in [0.4, 0.5) is 5.69 Å². The summed E-state index contributed by atoms with van der Waals surface area (Å²) in [6, 6.07) is 7.93. The summed E-state index contributed by atoms with van der Waals surface area (Å²) >= 11 is 6.50. The number of nitrogens with zero attached hydrogens (tertiary/aromatic N) is 1. The van der Waals surface area contributed by atoms with Crippen molar-refractivity contribution in [2.24, 2.45) is 0 Å². The van der Waals surface area contributed by atoms with Crippen molar-refractivity contribution in [1.82, 2.24) is 0 Å². The van der Waals surface area contributed by atoms with E-state index in [0.29, 0.717) is 26.4 Å². The highest BCUT2D eigenvalue weighted by Gasteiger charge is 2.20. The number of carbonyl (C=O) groups is 1. The van der Waals surface area contributed by atoms with Crippen molar-refractivity contribution < 1.29 is 14.5 Å². The Hall–Kier alpha value is -1.73. The zero-order valence-electron chi connectivity index (χ0n) is 10.8. The van der Waals surface area contributed by atoms with Gasteiger partial charge in [0.2, 0.25) is 5.75 Å². The quantitative estimate of drug-likeness (QED) is 0.399. The van der Waals surface area contributed by atoms with Gasteiger partial charge in [-0.1, -0.05) is 31.9 Å². The smallest absolute Gasteiger partial charge is 0.312 e. The Kier molecular flexibility index (Phi) is 4.74. The molecule has 0 N–H and O–H groups in total. The molecule has 0 saturated heterocycles. The Labute approximate surface area is 137 Å². The second-order valence-electron chi connectivity index (χ2n) is 4.23. The molecule has 0 fully saturated rings. The summed E-state index contributed by atoms with van der Waals surface area (Å²) in [6.07, 6.45) is 0.641. The van der Waals surface area contributed by atoms with E-state index in [-0.39, 0.29) is 17.2 Å². The van der Waals surface area contributed by atoms with Crippen LogP contribution in [-0.2, 0) is 0 Å². The number of aryl methyl sites for hydroxylation is 1. The molecule has 21 heavy (non-hydrogen) atoms. The average Bonchev–Trinajstić information content (AvgIpc) is 2.41. The van der Waals surface area contributed by atoms with E-state index in [0.717, 1.165) is 0 Å². The van der Waals surface area contributed by atoms with E-state index in [9.17, 15) is 14.9 Å². The third-order valence-corrected chi connectivity index (χ3v) is 3.68. The number of nitro benzene ring substituents is 1. The number of aldehydes is 1. The van der Waals surface area contributed by atoms with Crippen LogP contribution < -0.4 is 4.74 Å². The highest BCUT2D eigenvalue weighted by Crippen LogP contribution is 2.38. The van der Waals surface area contributed by atoms with Gasteiger partial charge in [-0.25, -0.2) is 0 Å². The minimum atomic E-state index is -0.522. The Morgan fingerprint density at radius 1 is 1.19 bits per heavy atom. The first-order valence-corrected chi connectivity index (χ1v) is 7.38. The third-order valence-electron chi connectivity index (χ3n) is 2.73. The van der Waals surface area contributed by atoms with Crippen LogP contribution in [0.2, 0.25) is 0 Å². The van der Waals surface area contributed by atoms with Gasteiger partial charge in [-0.3, -0.25) is 14.9 Å². The summed E-state index contributed by atoms with van der Waals surface area (Å²) in [5.41, 5.74) is 0.737. The van der Waals surface area contributed by atoms with Gasteiger partial charge in [-0.05, 0) is 36.8 Å². The first kappa shape index (κ1) is 15.7. The van der Waals surface area contributed by atoms with Crippen molar-refractivity contribution >= 4 is 43.8 Å². The van der Waals surface area contributed by atoms with Gasteiger partial charge >= 0.3 is 5.69 Å². The minimum absolute atomic E-state index is 0.115. The molecular weight excluding hydrogens is 406 g/mol. The average molecular weight is 415 g/mol. The van der Waals surface area contributed by atoms with Crippen molar-refractivity contribution in [2.45, 2.75) is 6.92 Å². The van der Waals surface area contributed by atoms with Gasteiger partial charge in [-0.15, -0.1) is 0 Å². The van der Waals surface area contributed by atoms with Crippen molar-refractivity contribution in [3.63, 3.8) is 0 Å².